The van der Waals surface area contributed by atoms with Crippen LogP contribution in [0.5, 0.6) is 0 Å². The minimum Gasteiger partial charge on any atom is -0.317 e. The van der Waals surface area contributed by atoms with Gasteiger partial charge in [-0.05, 0) is 61.7 Å². The molecule has 1 aliphatic rings. The number of rotatable bonds is 4. The van der Waals surface area contributed by atoms with Crippen molar-refractivity contribution in [2.45, 2.75) is 31.1 Å². The van der Waals surface area contributed by atoms with Gasteiger partial charge >= 0.3 is 0 Å². The van der Waals surface area contributed by atoms with E-state index in [2.05, 4.69) is 36.5 Å². The van der Waals surface area contributed by atoms with Crippen molar-refractivity contribution in [1.29, 1.82) is 0 Å². The molecule has 1 aromatic rings. The standard InChI is InChI=1S/C14H21NS/c1-2-16-14-5-3-12(4-6-14)11-13-7-9-15-10-8-13/h3-6,13,15H,2,7-11H2,1H3. The average molecular weight is 235 g/mol. The highest BCUT2D eigenvalue weighted by Crippen LogP contribution is 2.21. The van der Waals surface area contributed by atoms with Gasteiger partial charge in [0.25, 0.3) is 0 Å². The van der Waals surface area contributed by atoms with Gasteiger partial charge in [0.15, 0.2) is 0 Å². The molecule has 1 fully saturated rings. The van der Waals surface area contributed by atoms with Gasteiger partial charge in [-0.2, -0.15) is 0 Å². The quantitative estimate of drug-likeness (QED) is 0.803. The summed E-state index contributed by atoms with van der Waals surface area (Å²) in [4.78, 5) is 1.40. The Hall–Kier alpha value is -0.470. The van der Waals surface area contributed by atoms with Crippen LogP contribution in [-0.4, -0.2) is 18.8 Å². The van der Waals surface area contributed by atoms with Gasteiger partial charge in [-0.1, -0.05) is 19.1 Å². The molecule has 0 aromatic heterocycles. The first-order valence-corrected chi connectivity index (χ1v) is 7.29. The van der Waals surface area contributed by atoms with Crippen molar-refractivity contribution in [1.82, 2.24) is 5.32 Å². The summed E-state index contributed by atoms with van der Waals surface area (Å²) in [5, 5.41) is 3.42. The molecule has 1 aliphatic heterocycles. The van der Waals surface area contributed by atoms with E-state index < -0.39 is 0 Å². The van der Waals surface area contributed by atoms with Crippen molar-refractivity contribution in [2.75, 3.05) is 18.8 Å². The molecule has 88 valence electrons. The third-order valence-electron chi connectivity index (χ3n) is 3.22. The Labute approximate surface area is 103 Å². The summed E-state index contributed by atoms with van der Waals surface area (Å²) in [6.45, 7) is 4.61. The van der Waals surface area contributed by atoms with E-state index in [-0.39, 0.29) is 0 Å². The maximum Gasteiger partial charge on any atom is 0.00720 e. The van der Waals surface area contributed by atoms with Crippen molar-refractivity contribution < 1.29 is 0 Å². The van der Waals surface area contributed by atoms with Crippen molar-refractivity contribution in [3.05, 3.63) is 29.8 Å². The van der Waals surface area contributed by atoms with E-state index in [0.29, 0.717) is 0 Å². The highest BCUT2D eigenvalue weighted by atomic mass is 32.2. The summed E-state index contributed by atoms with van der Waals surface area (Å²) < 4.78 is 0. The fraction of sp³-hybridized carbons (Fsp3) is 0.571. The minimum absolute atomic E-state index is 0.894. The average Bonchev–Trinajstić information content (AvgIpc) is 2.33. The largest absolute Gasteiger partial charge is 0.317 e. The molecule has 1 N–H and O–H groups in total. The molecular formula is C14H21NS. The molecule has 1 heterocycles. The third kappa shape index (κ3) is 3.53. The molecule has 0 bridgehead atoms. The SMILES string of the molecule is CCSc1ccc(CC2CCNCC2)cc1. The molecule has 1 saturated heterocycles. The van der Waals surface area contributed by atoms with E-state index >= 15 is 0 Å². The van der Waals surface area contributed by atoms with Crippen LogP contribution in [0, 0.1) is 5.92 Å². The zero-order valence-electron chi connectivity index (χ0n) is 10.0. The second-order valence-corrected chi connectivity index (χ2v) is 5.81. The zero-order chi connectivity index (χ0) is 11.2. The Balaban J connectivity index is 1.88. The molecule has 2 rings (SSSR count). The fourth-order valence-corrected chi connectivity index (χ4v) is 2.97. The molecule has 1 aromatic carbocycles. The highest BCUT2D eigenvalue weighted by molar-refractivity contribution is 7.99. The van der Waals surface area contributed by atoms with Crippen LogP contribution in [-0.2, 0) is 6.42 Å². The predicted octanol–water partition coefficient (Wildman–Crippen LogP) is 3.34. The van der Waals surface area contributed by atoms with Crippen LogP contribution in [0.2, 0.25) is 0 Å². The van der Waals surface area contributed by atoms with Crippen molar-refractivity contribution in [3.63, 3.8) is 0 Å². The molecule has 0 unspecified atom stereocenters. The smallest absolute Gasteiger partial charge is 0.00720 e. The number of hydrogen-bond acceptors (Lipinski definition) is 2. The summed E-state index contributed by atoms with van der Waals surface area (Å²) in [7, 11) is 0. The van der Waals surface area contributed by atoms with E-state index in [9.17, 15) is 0 Å². The lowest BCUT2D eigenvalue weighted by atomic mass is 9.91. The summed E-state index contributed by atoms with van der Waals surface area (Å²) >= 11 is 1.92. The van der Waals surface area contributed by atoms with Gasteiger partial charge in [0, 0.05) is 4.90 Å². The summed E-state index contributed by atoms with van der Waals surface area (Å²) in [5.41, 5.74) is 1.51. The Morgan fingerprint density at radius 1 is 1.19 bits per heavy atom. The second-order valence-electron chi connectivity index (χ2n) is 4.47. The van der Waals surface area contributed by atoms with E-state index in [1.165, 1.54) is 42.8 Å². The summed E-state index contributed by atoms with van der Waals surface area (Å²) in [5.74, 6) is 2.05. The van der Waals surface area contributed by atoms with Crippen LogP contribution in [0.15, 0.2) is 29.2 Å². The normalized spacial score (nSPS) is 17.6. The van der Waals surface area contributed by atoms with Gasteiger partial charge in [-0.15, -0.1) is 11.8 Å². The number of piperidine rings is 1. The maximum absolute atomic E-state index is 3.42. The molecule has 0 saturated carbocycles. The van der Waals surface area contributed by atoms with Gasteiger partial charge in [0.05, 0.1) is 0 Å². The van der Waals surface area contributed by atoms with Crippen molar-refractivity contribution in [2.24, 2.45) is 5.92 Å². The summed E-state index contributed by atoms with van der Waals surface area (Å²) in [6.07, 6.45) is 3.94. The molecule has 0 spiro atoms. The van der Waals surface area contributed by atoms with Crippen LogP contribution >= 0.6 is 11.8 Å². The van der Waals surface area contributed by atoms with Crippen molar-refractivity contribution in [3.8, 4) is 0 Å². The Bertz CT molecular complexity index is 301. The Morgan fingerprint density at radius 3 is 2.50 bits per heavy atom. The van der Waals surface area contributed by atoms with Crippen LogP contribution in [0.4, 0.5) is 0 Å². The number of thioether (sulfide) groups is 1. The molecule has 1 nitrogen and oxygen atoms in total. The Morgan fingerprint density at radius 2 is 1.88 bits per heavy atom. The fourth-order valence-electron chi connectivity index (χ4n) is 2.31. The number of benzene rings is 1. The molecule has 0 aliphatic carbocycles. The van der Waals surface area contributed by atoms with Crippen LogP contribution in [0.3, 0.4) is 0 Å². The minimum atomic E-state index is 0.894. The van der Waals surface area contributed by atoms with Gasteiger partial charge in [0.2, 0.25) is 0 Å². The van der Waals surface area contributed by atoms with Gasteiger partial charge < -0.3 is 5.32 Å². The van der Waals surface area contributed by atoms with Crippen molar-refractivity contribution >= 4 is 11.8 Å². The Kier molecular flexibility index (Phi) is 4.73. The zero-order valence-corrected chi connectivity index (χ0v) is 10.9. The lowest BCUT2D eigenvalue weighted by Gasteiger charge is -2.22. The first kappa shape index (κ1) is 12.0. The monoisotopic (exact) mass is 235 g/mol. The molecular weight excluding hydrogens is 214 g/mol. The molecule has 0 radical (unpaired) electrons. The lowest BCUT2D eigenvalue weighted by Crippen LogP contribution is -2.28. The summed E-state index contributed by atoms with van der Waals surface area (Å²) in [6, 6.07) is 9.15. The van der Waals surface area contributed by atoms with Crippen LogP contribution in [0.25, 0.3) is 0 Å². The second kappa shape index (κ2) is 6.31. The maximum atomic E-state index is 3.42. The lowest BCUT2D eigenvalue weighted by molar-refractivity contribution is 0.372. The topological polar surface area (TPSA) is 12.0 Å². The van der Waals surface area contributed by atoms with Gasteiger partial charge in [0.1, 0.15) is 0 Å². The molecule has 16 heavy (non-hydrogen) atoms. The van der Waals surface area contributed by atoms with E-state index in [0.717, 1.165) is 11.7 Å². The van der Waals surface area contributed by atoms with E-state index in [4.69, 9.17) is 0 Å². The molecule has 0 amide bonds. The molecule has 0 atom stereocenters. The van der Waals surface area contributed by atoms with Crippen LogP contribution < -0.4 is 5.32 Å². The first-order chi connectivity index (χ1) is 7.88. The molecule has 2 heteroatoms. The van der Waals surface area contributed by atoms with Gasteiger partial charge in [-0.25, -0.2) is 0 Å². The van der Waals surface area contributed by atoms with Crippen LogP contribution in [0.1, 0.15) is 25.3 Å². The first-order valence-electron chi connectivity index (χ1n) is 6.31. The van der Waals surface area contributed by atoms with Gasteiger partial charge in [-0.3, -0.25) is 0 Å². The van der Waals surface area contributed by atoms with E-state index in [1.54, 1.807) is 0 Å². The third-order valence-corrected chi connectivity index (χ3v) is 4.11. The highest BCUT2D eigenvalue weighted by Gasteiger charge is 2.13. The van der Waals surface area contributed by atoms with E-state index in [1.807, 2.05) is 11.8 Å². The number of hydrogen-bond donors (Lipinski definition) is 1. The predicted molar refractivity (Wildman–Crippen MR) is 72.1 cm³/mol. The number of nitrogens with one attached hydrogen (secondary N) is 1.